The summed E-state index contributed by atoms with van der Waals surface area (Å²) >= 11 is 0. The van der Waals surface area contributed by atoms with E-state index in [1.165, 1.54) is 11.1 Å². The molecule has 2 aliphatic heterocycles. The van der Waals surface area contributed by atoms with Gasteiger partial charge in [0, 0.05) is 57.3 Å². The van der Waals surface area contributed by atoms with Crippen LogP contribution < -0.4 is 10.2 Å². The van der Waals surface area contributed by atoms with Gasteiger partial charge in [-0.05, 0) is 37.8 Å². The summed E-state index contributed by atoms with van der Waals surface area (Å²) < 4.78 is 0. The van der Waals surface area contributed by atoms with E-state index in [9.17, 15) is 9.59 Å². The number of hydrogen-bond donors (Lipinski definition) is 1. The lowest BCUT2D eigenvalue weighted by atomic mass is 9.99. The number of fused-ring (bicyclic) bond motifs is 1. The summed E-state index contributed by atoms with van der Waals surface area (Å²) in [5.74, 6) is 1.99. The molecule has 1 aromatic carbocycles. The number of carbonyl (C=O) groups is 2. The Hall–Kier alpha value is -3.00. The van der Waals surface area contributed by atoms with Gasteiger partial charge in [-0.15, -0.1) is 0 Å². The Morgan fingerprint density at radius 1 is 1.00 bits per heavy atom. The normalized spacial score (nSPS) is 19.3. The number of aldehydes is 1. The number of carbonyl (C=O) groups excluding carboxylic acids is 2. The molecule has 3 heterocycles. The smallest absolute Gasteiger partial charge is 0.227 e. The van der Waals surface area contributed by atoms with Gasteiger partial charge in [0.05, 0.1) is 5.69 Å². The number of benzene rings is 1. The summed E-state index contributed by atoms with van der Waals surface area (Å²) in [4.78, 5) is 39.9. The van der Waals surface area contributed by atoms with Crippen molar-refractivity contribution in [1.29, 1.82) is 0 Å². The maximum Gasteiger partial charge on any atom is 0.227 e. The van der Waals surface area contributed by atoms with Crippen LogP contribution in [-0.2, 0) is 16.1 Å². The van der Waals surface area contributed by atoms with Crippen molar-refractivity contribution >= 4 is 24.0 Å². The molecular formula is C27H38N6O2. The zero-order chi connectivity index (χ0) is 25.3. The Labute approximate surface area is 208 Å². The van der Waals surface area contributed by atoms with E-state index in [-0.39, 0.29) is 24.0 Å². The van der Waals surface area contributed by atoms with Gasteiger partial charge in [-0.1, -0.05) is 38.1 Å². The van der Waals surface area contributed by atoms with E-state index in [0.29, 0.717) is 44.6 Å². The van der Waals surface area contributed by atoms with Crippen LogP contribution in [0, 0.1) is 0 Å². The number of anilines is 2. The summed E-state index contributed by atoms with van der Waals surface area (Å²) in [5.41, 5.74) is 4.28. The van der Waals surface area contributed by atoms with Crippen molar-refractivity contribution in [1.82, 2.24) is 19.8 Å². The highest BCUT2D eigenvalue weighted by Gasteiger charge is 2.37. The fourth-order valence-corrected chi connectivity index (χ4v) is 4.91. The number of aromatic nitrogens is 2. The SMILES string of the molecule is CC(=O)N1CCN(c2nc(NC(C)c3ccc(C(C)C)cc3)c3c(n2)[C@H](C=O)N(C(C)C)C3)CC1. The molecule has 2 atom stereocenters. The van der Waals surface area contributed by atoms with Gasteiger partial charge in [0.25, 0.3) is 0 Å². The van der Waals surface area contributed by atoms with Gasteiger partial charge in [0.15, 0.2) is 0 Å². The molecule has 188 valence electrons. The lowest BCUT2D eigenvalue weighted by Gasteiger charge is -2.34. The average molecular weight is 479 g/mol. The van der Waals surface area contributed by atoms with Crippen LogP contribution in [0.2, 0.25) is 0 Å². The average Bonchev–Trinajstić information content (AvgIpc) is 3.23. The van der Waals surface area contributed by atoms with Crippen molar-refractivity contribution in [3.8, 4) is 0 Å². The number of rotatable bonds is 7. The monoisotopic (exact) mass is 478 g/mol. The highest BCUT2D eigenvalue weighted by molar-refractivity contribution is 5.73. The third-order valence-corrected chi connectivity index (χ3v) is 7.26. The van der Waals surface area contributed by atoms with E-state index in [1.807, 2.05) is 4.90 Å². The Balaban J connectivity index is 1.66. The molecule has 1 unspecified atom stereocenters. The van der Waals surface area contributed by atoms with Crippen molar-refractivity contribution in [3.63, 3.8) is 0 Å². The van der Waals surface area contributed by atoms with Gasteiger partial charge in [-0.3, -0.25) is 9.69 Å². The van der Waals surface area contributed by atoms with E-state index >= 15 is 0 Å². The van der Waals surface area contributed by atoms with Crippen molar-refractivity contribution in [2.45, 2.75) is 72.1 Å². The van der Waals surface area contributed by atoms with Crippen molar-refractivity contribution in [2.24, 2.45) is 0 Å². The van der Waals surface area contributed by atoms with E-state index in [4.69, 9.17) is 9.97 Å². The molecule has 1 saturated heterocycles. The Morgan fingerprint density at radius 3 is 2.17 bits per heavy atom. The fraction of sp³-hybridized carbons (Fsp3) is 0.556. The molecule has 35 heavy (non-hydrogen) atoms. The topological polar surface area (TPSA) is 81.7 Å². The molecule has 2 aliphatic rings. The predicted octanol–water partition coefficient (Wildman–Crippen LogP) is 3.91. The van der Waals surface area contributed by atoms with Crippen LogP contribution in [-0.4, -0.2) is 64.2 Å². The van der Waals surface area contributed by atoms with Crippen LogP contribution >= 0.6 is 0 Å². The molecule has 0 aliphatic carbocycles. The standard InChI is InChI=1S/C27H38N6O2/c1-17(2)21-7-9-22(10-8-21)19(5)28-26-23-15-33(18(3)4)24(16-34)25(23)29-27(30-26)32-13-11-31(12-14-32)20(6)35/h7-10,16-19,24H,11-15H2,1-6H3,(H,28,29,30)/t19?,24-/m0/s1. The molecular weight excluding hydrogens is 440 g/mol. The maximum absolute atomic E-state index is 12.2. The molecule has 8 nitrogen and oxygen atoms in total. The van der Waals surface area contributed by atoms with E-state index in [2.05, 4.69) is 74.0 Å². The summed E-state index contributed by atoms with van der Waals surface area (Å²) in [7, 11) is 0. The molecule has 0 bridgehead atoms. The highest BCUT2D eigenvalue weighted by Crippen LogP contribution is 2.38. The van der Waals surface area contributed by atoms with Crippen molar-refractivity contribution in [2.75, 3.05) is 36.4 Å². The quantitative estimate of drug-likeness (QED) is 0.604. The predicted molar refractivity (Wildman–Crippen MR) is 139 cm³/mol. The second-order valence-electron chi connectivity index (χ2n) is 10.3. The van der Waals surface area contributed by atoms with Crippen LogP contribution in [0.15, 0.2) is 24.3 Å². The van der Waals surface area contributed by atoms with E-state index in [1.54, 1.807) is 6.92 Å². The Bertz CT molecular complexity index is 1060. The van der Waals surface area contributed by atoms with Crippen molar-refractivity contribution < 1.29 is 9.59 Å². The van der Waals surface area contributed by atoms with Gasteiger partial charge >= 0.3 is 0 Å². The molecule has 1 N–H and O–H groups in total. The lowest BCUT2D eigenvalue weighted by molar-refractivity contribution is -0.129. The molecule has 1 fully saturated rings. The third kappa shape index (κ3) is 5.17. The minimum atomic E-state index is -0.383. The minimum Gasteiger partial charge on any atom is -0.363 e. The first-order valence-electron chi connectivity index (χ1n) is 12.7. The van der Waals surface area contributed by atoms with Crippen LogP contribution in [0.5, 0.6) is 0 Å². The molecule has 0 saturated carbocycles. The Morgan fingerprint density at radius 2 is 1.63 bits per heavy atom. The number of nitrogens with one attached hydrogen (secondary N) is 1. The molecule has 2 aromatic rings. The van der Waals surface area contributed by atoms with E-state index < -0.39 is 0 Å². The molecule has 0 spiro atoms. The third-order valence-electron chi connectivity index (χ3n) is 7.26. The van der Waals surface area contributed by atoms with Crippen LogP contribution in [0.3, 0.4) is 0 Å². The first-order valence-corrected chi connectivity index (χ1v) is 12.7. The van der Waals surface area contributed by atoms with Gasteiger partial charge in [-0.25, -0.2) is 4.98 Å². The zero-order valence-electron chi connectivity index (χ0n) is 21.8. The zero-order valence-corrected chi connectivity index (χ0v) is 21.8. The van der Waals surface area contributed by atoms with Crippen molar-refractivity contribution in [3.05, 3.63) is 46.6 Å². The maximum atomic E-state index is 12.2. The first kappa shape index (κ1) is 25.1. The molecule has 4 rings (SSSR count). The summed E-state index contributed by atoms with van der Waals surface area (Å²) in [5, 5.41) is 3.63. The van der Waals surface area contributed by atoms with E-state index in [0.717, 1.165) is 23.4 Å². The molecule has 0 radical (unpaired) electrons. The van der Waals surface area contributed by atoms with Gasteiger partial charge in [0.2, 0.25) is 11.9 Å². The van der Waals surface area contributed by atoms with Gasteiger partial charge in [0.1, 0.15) is 18.1 Å². The first-order chi connectivity index (χ1) is 16.7. The summed E-state index contributed by atoms with van der Waals surface area (Å²) in [6.45, 7) is 15.6. The molecule has 1 aromatic heterocycles. The van der Waals surface area contributed by atoms with Crippen LogP contribution in [0.25, 0.3) is 0 Å². The number of hydrogen-bond acceptors (Lipinski definition) is 7. The number of piperazine rings is 1. The van der Waals surface area contributed by atoms with Crippen LogP contribution in [0.1, 0.15) is 81.9 Å². The lowest BCUT2D eigenvalue weighted by Crippen LogP contribution is -2.48. The minimum absolute atomic E-state index is 0.0420. The fourth-order valence-electron chi connectivity index (χ4n) is 4.91. The van der Waals surface area contributed by atoms with Crippen LogP contribution in [0.4, 0.5) is 11.8 Å². The van der Waals surface area contributed by atoms with Gasteiger partial charge < -0.3 is 19.9 Å². The largest absolute Gasteiger partial charge is 0.363 e. The number of nitrogens with zero attached hydrogens (tertiary/aromatic N) is 5. The second-order valence-corrected chi connectivity index (χ2v) is 10.3. The Kier molecular flexibility index (Phi) is 7.40. The second kappa shape index (κ2) is 10.3. The van der Waals surface area contributed by atoms with Gasteiger partial charge in [-0.2, -0.15) is 4.98 Å². The summed E-state index contributed by atoms with van der Waals surface area (Å²) in [6, 6.07) is 8.58. The molecule has 8 heteroatoms. The molecule has 1 amide bonds. The summed E-state index contributed by atoms with van der Waals surface area (Å²) in [6.07, 6.45) is 0.994. The number of amides is 1. The highest BCUT2D eigenvalue weighted by atomic mass is 16.2.